The van der Waals surface area contributed by atoms with Gasteiger partial charge < -0.3 is 10.4 Å². The lowest BCUT2D eigenvalue weighted by molar-refractivity contribution is -0.129. The van der Waals surface area contributed by atoms with Gasteiger partial charge in [-0.3, -0.25) is 4.79 Å². The highest BCUT2D eigenvalue weighted by atomic mass is 16.3. The van der Waals surface area contributed by atoms with E-state index < -0.39 is 0 Å². The number of hydrogen-bond donors (Lipinski definition) is 2. The summed E-state index contributed by atoms with van der Waals surface area (Å²) in [5, 5.41) is 11.8. The molecule has 0 fully saturated rings. The zero-order valence-corrected chi connectivity index (χ0v) is 10.8. The van der Waals surface area contributed by atoms with E-state index in [9.17, 15) is 4.79 Å². The average molecular weight is 235 g/mol. The van der Waals surface area contributed by atoms with Crippen LogP contribution in [0.15, 0.2) is 24.3 Å². The second-order valence-electron chi connectivity index (χ2n) is 4.89. The zero-order valence-electron chi connectivity index (χ0n) is 10.8. The molecule has 17 heavy (non-hydrogen) atoms. The summed E-state index contributed by atoms with van der Waals surface area (Å²) in [5.41, 5.74) is 1.61. The van der Waals surface area contributed by atoms with Crippen LogP contribution in [0, 0.1) is 5.41 Å². The molecule has 0 bridgehead atoms. The van der Waals surface area contributed by atoms with Crippen molar-refractivity contribution in [3.05, 3.63) is 35.4 Å². The zero-order chi connectivity index (χ0) is 12.9. The molecule has 0 aliphatic rings. The minimum Gasteiger partial charge on any atom is -0.392 e. The highest BCUT2D eigenvalue weighted by molar-refractivity contribution is 5.81. The summed E-state index contributed by atoms with van der Waals surface area (Å²) < 4.78 is 0. The van der Waals surface area contributed by atoms with Crippen molar-refractivity contribution in [2.24, 2.45) is 5.41 Å². The fourth-order valence-corrected chi connectivity index (χ4v) is 1.34. The summed E-state index contributed by atoms with van der Waals surface area (Å²) in [6.45, 7) is 6.48. The number of carbonyl (C=O) groups is 1. The van der Waals surface area contributed by atoms with E-state index in [1.807, 2.05) is 45.0 Å². The van der Waals surface area contributed by atoms with Gasteiger partial charge in [0.1, 0.15) is 0 Å². The molecule has 0 aliphatic heterocycles. The minimum atomic E-state index is -0.314. The first kappa shape index (κ1) is 13.7. The van der Waals surface area contributed by atoms with Crippen LogP contribution in [0.4, 0.5) is 0 Å². The van der Waals surface area contributed by atoms with Crippen molar-refractivity contribution in [3.63, 3.8) is 0 Å². The normalized spacial score (nSPS) is 11.3. The first-order valence-electron chi connectivity index (χ1n) is 5.96. The third-order valence-electron chi connectivity index (χ3n) is 3.16. The Labute approximate surface area is 103 Å². The molecule has 0 saturated heterocycles. The van der Waals surface area contributed by atoms with Gasteiger partial charge in [-0.1, -0.05) is 45.0 Å². The smallest absolute Gasteiger partial charge is 0.225 e. The van der Waals surface area contributed by atoms with Crippen LogP contribution in [0.1, 0.15) is 38.3 Å². The number of benzene rings is 1. The molecule has 0 saturated carbocycles. The van der Waals surface area contributed by atoms with Crippen molar-refractivity contribution in [1.82, 2.24) is 5.32 Å². The van der Waals surface area contributed by atoms with Gasteiger partial charge in [0, 0.05) is 12.0 Å². The van der Waals surface area contributed by atoms with Gasteiger partial charge in [-0.25, -0.2) is 0 Å². The maximum absolute atomic E-state index is 11.8. The van der Waals surface area contributed by atoms with E-state index in [0.717, 1.165) is 17.5 Å². The first-order valence-corrected chi connectivity index (χ1v) is 5.96. The van der Waals surface area contributed by atoms with Crippen LogP contribution in [0.2, 0.25) is 0 Å². The van der Waals surface area contributed by atoms with Gasteiger partial charge in [-0.2, -0.15) is 0 Å². The summed E-state index contributed by atoms with van der Waals surface area (Å²) in [4.78, 5) is 11.8. The molecule has 0 unspecified atom stereocenters. The quantitative estimate of drug-likeness (QED) is 0.822. The van der Waals surface area contributed by atoms with Crippen LogP contribution < -0.4 is 5.32 Å². The number of hydrogen-bond acceptors (Lipinski definition) is 2. The van der Waals surface area contributed by atoms with Gasteiger partial charge in [0.2, 0.25) is 5.91 Å². The number of aliphatic hydroxyl groups is 1. The Kier molecular flexibility index (Phi) is 4.70. The standard InChI is InChI=1S/C14H21NO2/c1-4-14(2,3)13(17)15-9-11-5-7-12(10-16)8-6-11/h5-8,16H,4,9-10H2,1-3H3,(H,15,17). The Morgan fingerprint density at radius 2 is 1.76 bits per heavy atom. The van der Waals surface area contributed by atoms with Gasteiger partial charge in [-0.15, -0.1) is 0 Å². The summed E-state index contributed by atoms with van der Waals surface area (Å²) >= 11 is 0. The molecular formula is C14H21NO2. The van der Waals surface area contributed by atoms with E-state index >= 15 is 0 Å². The Bertz CT molecular complexity index is 368. The highest BCUT2D eigenvalue weighted by Crippen LogP contribution is 2.19. The van der Waals surface area contributed by atoms with Crippen molar-refractivity contribution in [3.8, 4) is 0 Å². The van der Waals surface area contributed by atoms with E-state index in [-0.39, 0.29) is 17.9 Å². The Hall–Kier alpha value is -1.35. The van der Waals surface area contributed by atoms with Crippen molar-refractivity contribution in [2.45, 2.75) is 40.3 Å². The van der Waals surface area contributed by atoms with Crippen LogP contribution in [-0.4, -0.2) is 11.0 Å². The molecule has 0 atom stereocenters. The number of aliphatic hydroxyl groups excluding tert-OH is 1. The Morgan fingerprint density at radius 1 is 1.24 bits per heavy atom. The van der Waals surface area contributed by atoms with Crippen molar-refractivity contribution in [2.75, 3.05) is 0 Å². The maximum atomic E-state index is 11.8. The third-order valence-corrected chi connectivity index (χ3v) is 3.16. The largest absolute Gasteiger partial charge is 0.392 e. The number of carbonyl (C=O) groups excluding carboxylic acids is 1. The predicted octanol–water partition coefficient (Wildman–Crippen LogP) is 2.23. The molecule has 1 amide bonds. The lowest BCUT2D eigenvalue weighted by Crippen LogP contribution is -2.35. The van der Waals surface area contributed by atoms with E-state index in [0.29, 0.717) is 6.54 Å². The van der Waals surface area contributed by atoms with Crippen molar-refractivity contribution < 1.29 is 9.90 Å². The molecule has 2 N–H and O–H groups in total. The van der Waals surface area contributed by atoms with E-state index in [1.54, 1.807) is 0 Å². The van der Waals surface area contributed by atoms with Crippen LogP contribution in [0.3, 0.4) is 0 Å². The minimum absolute atomic E-state index is 0.0511. The molecule has 0 aliphatic carbocycles. The number of rotatable bonds is 5. The Balaban J connectivity index is 2.53. The van der Waals surface area contributed by atoms with E-state index in [4.69, 9.17) is 5.11 Å². The summed E-state index contributed by atoms with van der Waals surface area (Å²) in [5.74, 6) is 0.0752. The van der Waals surface area contributed by atoms with Gasteiger partial charge in [0.15, 0.2) is 0 Å². The summed E-state index contributed by atoms with van der Waals surface area (Å²) in [6, 6.07) is 7.58. The second kappa shape index (κ2) is 5.82. The topological polar surface area (TPSA) is 49.3 Å². The molecular weight excluding hydrogens is 214 g/mol. The van der Waals surface area contributed by atoms with E-state index in [1.165, 1.54) is 0 Å². The molecule has 3 heteroatoms. The monoisotopic (exact) mass is 235 g/mol. The van der Waals surface area contributed by atoms with Gasteiger partial charge in [-0.05, 0) is 17.5 Å². The van der Waals surface area contributed by atoms with Crippen molar-refractivity contribution >= 4 is 5.91 Å². The van der Waals surface area contributed by atoms with Crippen LogP contribution in [0.5, 0.6) is 0 Å². The van der Waals surface area contributed by atoms with Gasteiger partial charge >= 0.3 is 0 Å². The molecule has 0 spiro atoms. The maximum Gasteiger partial charge on any atom is 0.225 e. The molecule has 0 aromatic heterocycles. The molecule has 0 heterocycles. The second-order valence-corrected chi connectivity index (χ2v) is 4.89. The molecule has 3 nitrogen and oxygen atoms in total. The molecule has 0 radical (unpaired) electrons. The number of amides is 1. The first-order chi connectivity index (χ1) is 7.99. The summed E-state index contributed by atoms with van der Waals surface area (Å²) in [7, 11) is 0. The molecule has 94 valence electrons. The molecule has 1 aromatic rings. The average Bonchev–Trinajstić information content (AvgIpc) is 2.36. The molecule has 1 rings (SSSR count). The van der Waals surface area contributed by atoms with Gasteiger partial charge in [0.05, 0.1) is 6.61 Å². The van der Waals surface area contributed by atoms with Crippen LogP contribution in [-0.2, 0) is 17.9 Å². The van der Waals surface area contributed by atoms with Crippen LogP contribution >= 0.6 is 0 Å². The summed E-state index contributed by atoms with van der Waals surface area (Å²) in [6.07, 6.45) is 0.822. The van der Waals surface area contributed by atoms with Gasteiger partial charge in [0.25, 0.3) is 0 Å². The fourth-order valence-electron chi connectivity index (χ4n) is 1.34. The lowest BCUT2D eigenvalue weighted by Gasteiger charge is -2.21. The fraction of sp³-hybridized carbons (Fsp3) is 0.500. The van der Waals surface area contributed by atoms with E-state index in [2.05, 4.69) is 5.32 Å². The molecule has 1 aromatic carbocycles. The lowest BCUT2D eigenvalue weighted by atomic mass is 9.89. The van der Waals surface area contributed by atoms with Crippen LogP contribution in [0.25, 0.3) is 0 Å². The van der Waals surface area contributed by atoms with Crippen molar-refractivity contribution in [1.29, 1.82) is 0 Å². The highest BCUT2D eigenvalue weighted by Gasteiger charge is 2.24. The Morgan fingerprint density at radius 3 is 2.24 bits per heavy atom. The third kappa shape index (κ3) is 3.86. The SMILES string of the molecule is CCC(C)(C)C(=O)NCc1ccc(CO)cc1. The number of nitrogens with one attached hydrogen (secondary N) is 1. The predicted molar refractivity (Wildman–Crippen MR) is 68.3 cm³/mol.